The van der Waals surface area contributed by atoms with Crippen molar-refractivity contribution >= 4 is 22.7 Å². The van der Waals surface area contributed by atoms with Crippen LogP contribution in [0.5, 0.6) is 5.88 Å². The minimum absolute atomic E-state index is 0.0459. The molecule has 3 heterocycles. The van der Waals surface area contributed by atoms with E-state index in [4.69, 9.17) is 5.73 Å². The molecule has 146 valence electrons. The molecule has 0 aromatic carbocycles. The molecular weight excluding hydrogens is 388 g/mol. The first-order chi connectivity index (χ1) is 13.2. The molecule has 28 heavy (non-hydrogen) atoms. The molecule has 2 aromatic heterocycles. The van der Waals surface area contributed by atoms with Gasteiger partial charge in [0.1, 0.15) is 11.2 Å². The number of hydrogen-bond acceptors (Lipinski definition) is 8. The quantitative estimate of drug-likeness (QED) is 0.737. The number of Topliss-reactive ketones (excluding diaryl/α,β-unsaturated/α-hetero) is 1. The minimum Gasteiger partial charge on any atom is -0.415 e. The summed E-state index contributed by atoms with van der Waals surface area (Å²) in [6, 6.07) is 3.51. The van der Waals surface area contributed by atoms with Gasteiger partial charge in [0, 0.05) is 19.0 Å². The van der Waals surface area contributed by atoms with Crippen molar-refractivity contribution in [2.45, 2.75) is 31.9 Å². The predicted molar refractivity (Wildman–Crippen MR) is 101 cm³/mol. The van der Waals surface area contributed by atoms with E-state index in [-0.39, 0.29) is 23.8 Å². The Balaban J connectivity index is 1.77. The number of aromatic nitrogens is 3. The maximum Gasteiger partial charge on any atom is 0.388 e. The van der Waals surface area contributed by atoms with Crippen LogP contribution in [0.25, 0.3) is 0 Å². The van der Waals surface area contributed by atoms with Gasteiger partial charge in [0.2, 0.25) is 5.88 Å². The lowest BCUT2D eigenvalue weighted by atomic mass is 9.92. The maximum atomic E-state index is 12.4. The van der Waals surface area contributed by atoms with E-state index in [0.29, 0.717) is 22.8 Å². The topological polar surface area (TPSA) is 103 Å². The number of nitrogens with two attached hydrogens (primary N) is 1. The molecule has 2 aromatic rings. The molecule has 0 fully saturated rings. The summed E-state index contributed by atoms with van der Waals surface area (Å²) in [7, 11) is 0. The molecule has 0 bridgehead atoms. The fourth-order valence-electron chi connectivity index (χ4n) is 2.79. The van der Waals surface area contributed by atoms with Gasteiger partial charge in [0.15, 0.2) is 11.0 Å². The van der Waals surface area contributed by atoms with Crippen molar-refractivity contribution in [3.05, 3.63) is 59.2 Å². The first kappa shape index (κ1) is 19.9. The molecule has 7 nitrogen and oxygen atoms in total. The summed E-state index contributed by atoms with van der Waals surface area (Å²) in [6.45, 7) is 2.88. The fourth-order valence-corrected chi connectivity index (χ4v) is 3.68. The van der Waals surface area contributed by atoms with Crippen molar-refractivity contribution in [3.63, 3.8) is 0 Å². The summed E-state index contributed by atoms with van der Waals surface area (Å²) in [5, 5.41) is 0.420. The van der Waals surface area contributed by atoms with Crippen LogP contribution < -0.4 is 10.5 Å². The Morgan fingerprint density at radius 2 is 2.18 bits per heavy atom. The number of ether oxygens (including phenoxy) is 1. The summed E-state index contributed by atoms with van der Waals surface area (Å²) in [6.07, 6.45) is 4.33. The van der Waals surface area contributed by atoms with Crippen LogP contribution in [0.15, 0.2) is 47.2 Å². The zero-order valence-corrected chi connectivity index (χ0v) is 15.7. The van der Waals surface area contributed by atoms with Crippen LogP contribution in [0.2, 0.25) is 0 Å². The molecule has 10 heteroatoms. The zero-order valence-electron chi connectivity index (χ0n) is 14.9. The number of amidine groups is 1. The van der Waals surface area contributed by atoms with Crippen LogP contribution in [-0.4, -0.2) is 32.5 Å². The number of pyridine rings is 1. The molecule has 0 unspecified atom stereocenters. The molecule has 3 rings (SSSR count). The normalized spacial score (nSPS) is 19.4. The van der Waals surface area contributed by atoms with Crippen LogP contribution >= 0.6 is 11.8 Å². The van der Waals surface area contributed by atoms with Crippen molar-refractivity contribution in [1.29, 1.82) is 0 Å². The van der Waals surface area contributed by atoms with Crippen LogP contribution in [-0.2, 0) is 12.0 Å². The second-order valence-corrected chi connectivity index (χ2v) is 7.51. The SMILES string of the molecule is C=C1C[C@@](C)(c2cc(CC(=O)c3cnc(OC(F)F)cn3)ccn2)N=C(N)S1. The van der Waals surface area contributed by atoms with Crippen LogP contribution in [0.3, 0.4) is 0 Å². The average molecular weight is 405 g/mol. The van der Waals surface area contributed by atoms with E-state index in [1.807, 2.05) is 6.92 Å². The van der Waals surface area contributed by atoms with E-state index in [1.165, 1.54) is 11.8 Å². The van der Waals surface area contributed by atoms with Crippen LogP contribution in [0.4, 0.5) is 8.78 Å². The van der Waals surface area contributed by atoms with Crippen molar-refractivity contribution in [2.24, 2.45) is 10.7 Å². The Bertz CT molecular complexity index is 936. The number of alkyl halides is 2. The van der Waals surface area contributed by atoms with Gasteiger partial charge in [-0.1, -0.05) is 18.3 Å². The van der Waals surface area contributed by atoms with Gasteiger partial charge in [-0.05, 0) is 29.5 Å². The molecule has 0 saturated carbocycles. The number of hydrogen-bond donors (Lipinski definition) is 1. The lowest BCUT2D eigenvalue weighted by molar-refractivity contribution is -0.0531. The summed E-state index contributed by atoms with van der Waals surface area (Å²) >= 11 is 1.33. The monoisotopic (exact) mass is 405 g/mol. The minimum atomic E-state index is -3.00. The Hall–Kier alpha value is -2.88. The van der Waals surface area contributed by atoms with Crippen LogP contribution in [0, 0.1) is 0 Å². The van der Waals surface area contributed by atoms with E-state index in [1.54, 1.807) is 18.3 Å². The third kappa shape index (κ3) is 4.69. The molecule has 1 atom stereocenters. The number of aliphatic imine (C=N–C) groups is 1. The van der Waals surface area contributed by atoms with Gasteiger partial charge >= 0.3 is 6.61 Å². The average Bonchev–Trinajstić information content (AvgIpc) is 2.61. The van der Waals surface area contributed by atoms with Gasteiger partial charge in [-0.3, -0.25) is 9.78 Å². The fraction of sp³-hybridized carbons (Fsp3) is 0.278. The number of ketones is 1. The lowest BCUT2D eigenvalue weighted by Crippen LogP contribution is -2.28. The van der Waals surface area contributed by atoms with E-state index in [0.717, 1.165) is 17.3 Å². The molecule has 0 amide bonds. The largest absolute Gasteiger partial charge is 0.415 e. The van der Waals surface area contributed by atoms with Crippen molar-refractivity contribution < 1.29 is 18.3 Å². The predicted octanol–water partition coefficient (Wildman–Crippen LogP) is 3.08. The highest BCUT2D eigenvalue weighted by Gasteiger charge is 2.32. The highest BCUT2D eigenvalue weighted by atomic mass is 32.2. The van der Waals surface area contributed by atoms with Crippen molar-refractivity contribution in [1.82, 2.24) is 15.0 Å². The summed E-state index contributed by atoms with van der Waals surface area (Å²) in [5.74, 6) is -0.665. The molecule has 2 N–H and O–H groups in total. The van der Waals surface area contributed by atoms with Crippen LogP contribution in [0.1, 0.15) is 35.1 Å². The third-order valence-corrected chi connectivity index (χ3v) is 4.75. The summed E-state index contributed by atoms with van der Waals surface area (Å²) in [5.41, 5.74) is 6.66. The number of thioether (sulfide) groups is 1. The Labute approximate surface area is 164 Å². The standard InChI is InChI=1S/C18H17F2N5O2S/c1-10-7-18(2,25-17(21)28-10)14-6-11(3-4-22-14)5-13(26)12-8-24-15(9-23-12)27-16(19)20/h3-4,6,8-9,16H,1,5,7H2,2H3,(H2,21,25)/t18-/m0/s1. The first-order valence-electron chi connectivity index (χ1n) is 8.21. The number of nitrogens with zero attached hydrogens (tertiary/aromatic N) is 4. The molecule has 0 aliphatic carbocycles. The number of rotatable bonds is 6. The van der Waals surface area contributed by atoms with Gasteiger partial charge in [-0.2, -0.15) is 8.78 Å². The summed E-state index contributed by atoms with van der Waals surface area (Å²) in [4.78, 5) is 29.7. The van der Waals surface area contributed by atoms with Crippen molar-refractivity contribution in [2.75, 3.05) is 0 Å². The molecule has 0 spiro atoms. The molecule has 1 aliphatic heterocycles. The zero-order chi connectivity index (χ0) is 20.3. The Morgan fingerprint density at radius 3 is 2.82 bits per heavy atom. The van der Waals surface area contributed by atoms with E-state index in [9.17, 15) is 13.6 Å². The molecule has 0 saturated heterocycles. The molecular formula is C18H17F2N5O2S. The van der Waals surface area contributed by atoms with Gasteiger partial charge in [-0.15, -0.1) is 0 Å². The number of halogens is 2. The van der Waals surface area contributed by atoms with Crippen molar-refractivity contribution in [3.8, 4) is 5.88 Å². The second-order valence-electron chi connectivity index (χ2n) is 6.31. The first-order valence-corrected chi connectivity index (χ1v) is 9.03. The smallest absolute Gasteiger partial charge is 0.388 e. The highest BCUT2D eigenvalue weighted by Crippen LogP contribution is 2.39. The number of carbonyl (C=O) groups is 1. The highest BCUT2D eigenvalue weighted by molar-refractivity contribution is 8.17. The second kappa shape index (κ2) is 8.01. The summed E-state index contributed by atoms with van der Waals surface area (Å²) < 4.78 is 28.4. The van der Waals surface area contributed by atoms with Gasteiger partial charge in [0.25, 0.3) is 0 Å². The maximum absolute atomic E-state index is 12.4. The van der Waals surface area contributed by atoms with E-state index < -0.39 is 12.2 Å². The third-order valence-electron chi connectivity index (χ3n) is 4.01. The van der Waals surface area contributed by atoms with E-state index in [2.05, 4.69) is 31.3 Å². The Morgan fingerprint density at radius 1 is 1.39 bits per heavy atom. The van der Waals surface area contributed by atoms with E-state index >= 15 is 0 Å². The van der Waals surface area contributed by atoms with Gasteiger partial charge in [-0.25, -0.2) is 15.0 Å². The number of carbonyl (C=O) groups excluding carboxylic acids is 1. The Kier molecular flexibility index (Phi) is 5.68. The van der Waals surface area contributed by atoms with Gasteiger partial charge < -0.3 is 10.5 Å². The molecule has 1 aliphatic rings. The molecule has 0 radical (unpaired) electrons. The van der Waals surface area contributed by atoms with Gasteiger partial charge in [0.05, 0.1) is 18.1 Å². The lowest BCUT2D eigenvalue weighted by Gasteiger charge is -2.30.